The van der Waals surface area contributed by atoms with Crippen molar-refractivity contribution in [2.24, 2.45) is 0 Å². The second-order valence-electron chi connectivity index (χ2n) is 0.727. The summed E-state index contributed by atoms with van der Waals surface area (Å²) in [5.41, 5.74) is 0. The third-order valence-corrected chi connectivity index (χ3v) is 0.368. The number of carbonyl (C=O) groups is 1. The SMILES string of the molecule is C=CC(=O)OC.[OH]. The van der Waals surface area contributed by atoms with Crippen LogP contribution in [0.2, 0.25) is 0 Å². The Kier molecular flexibility index (Phi) is 7.00. The van der Waals surface area contributed by atoms with E-state index in [0.29, 0.717) is 0 Å². The maximum absolute atomic E-state index is 9.84. The molecule has 0 rings (SSSR count). The highest BCUT2D eigenvalue weighted by Crippen LogP contribution is 1.67. The van der Waals surface area contributed by atoms with E-state index < -0.39 is 5.97 Å². The molecule has 0 aliphatic heterocycles. The van der Waals surface area contributed by atoms with Crippen molar-refractivity contribution in [2.45, 2.75) is 0 Å². The van der Waals surface area contributed by atoms with Gasteiger partial charge in [0.1, 0.15) is 0 Å². The zero-order chi connectivity index (χ0) is 4.99. The molecule has 0 aliphatic rings. The van der Waals surface area contributed by atoms with Gasteiger partial charge in [0.2, 0.25) is 0 Å². The van der Waals surface area contributed by atoms with Crippen molar-refractivity contribution in [2.75, 3.05) is 7.11 Å². The van der Waals surface area contributed by atoms with Crippen molar-refractivity contribution in [3.05, 3.63) is 12.7 Å². The molecule has 3 nitrogen and oxygen atoms in total. The lowest BCUT2D eigenvalue weighted by atomic mass is 10.7. The van der Waals surface area contributed by atoms with Crippen molar-refractivity contribution < 1.29 is 15.0 Å². The third-order valence-electron chi connectivity index (χ3n) is 0.368. The van der Waals surface area contributed by atoms with Crippen LogP contribution in [0.25, 0.3) is 0 Å². The summed E-state index contributed by atoms with van der Waals surface area (Å²) in [7, 11) is 1.31. The van der Waals surface area contributed by atoms with Crippen LogP contribution in [0.4, 0.5) is 0 Å². The molecule has 3 heteroatoms. The van der Waals surface area contributed by atoms with Crippen LogP contribution < -0.4 is 0 Å². The first kappa shape index (κ1) is 9.48. The van der Waals surface area contributed by atoms with Gasteiger partial charge in [-0.05, 0) is 0 Å². The molecule has 0 aromatic carbocycles. The molecule has 7 heavy (non-hydrogen) atoms. The number of rotatable bonds is 1. The highest BCUT2D eigenvalue weighted by Gasteiger charge is 1.81. The van der Waals surface area contributed by atoms with Crippen LogP contribution in [-0.4, -0.2) is 18.6 Å². The lowest BCUT2D eigenvalue weighted by molar-refractivity contribution is -0.134. The Morgan fingerprint density at radius 1 is 1.86 bits per heavy atom. The molecule has 0 saturated carbocycles. The average Bonchev–Trinajstić information content (AvgIpc) is 1.65. The number of ether oxygens (including phenoxy) is 1. The predicted octanol–water partition coefficient (Wildman–Crippen LogP) is 0.169. The van der Waals surface area contributed by atoms with Crippen LogP contribution in [0.5, 0.6) is 0 Å². The smallest absolute Gasteiger partial charge is 0.329 e. The molecule has 0 atom stereocenters. The molecule has 0 saturated heterocycles. The van der Waals surface area contributed by atoms with Crippen LogP contribution in [0.3, 0.4) is 0 Å². The maximum Gasteiger partial charge on any atom is 0.329 e. The number of methoxy groups -OCH3 is 1. The van der Waals surface area contributed by atoms with Crippen LogP contribution in [0.15, 0.2) is 12.7 Å². The summed E-state index contributed by atoms with van der Waals surface area (Å²) < 4.78 is 4.14. The van der Waals surface area contributed by atoms with Gasteiger partial charge in [0, 0.05) is 6.08 Å². The average molecular weight is 103 g/mol. The molecule has 0 aromatic rings. The fourth-order valence-corrected chi connectivity index (χ4v) is 0.0833. The Labute approximate surface area is 41.9 Å². The Hall–Kier alpha value is -0.830. The molecule has 0 bridgehead atoms. The second-order valence-corrected chi connectivity index (χ2v) is 0.727. The van der Waals surface area contributed by atoms with E-state index in [1.807, 2.05) is 0 Å². The van der Waals surface area contributed by atoms with Gasteiger partial charge in [-0.3, -0.25) is 5.48 Å². The van der Waals surface area contributed by atoms with E-state index in [2.05, 4.69) is 11.3 Å². The van der Waals surface area contributed by atoms with Crippen LogP contribution in [0.1, 0.15) is 0 Å². The standard InChI is InChI=1S/C4H6O2.HO/c1-3-4(5)6-2;/h3H,1H2,2H3;1H. The van der Waals surface area contributed by atoms with Crippen molar-refractivity contribution in [1.29, 1.82) is 0 Å². The summed E-state index contributed by atoms with van der Waals surface area (Å²) >= 11 is 0. The van der Waals surface area contributed by atoms with Gasteiger partial charge in [-0.2, -0.15) is 0 Å². The minimum absolute atomic E-state index is 0. The predicted molar refractivity (Wildman–Crippen MR) is 24.1 cm³/mol. The number of carbonyl (C=O) groups excluding carboxylic acids is 1. The van der Waals surface area contributed by atoms with Crippen molar-refractivity contribution >= 4 is 5.97 Å². The zero-order valence-electron chi connectivity index (χ0n) is 4.05. The second kappa shape index (κ2) is 5.17. The first-order valence-corrected chi connectivity index (χ1v) is 1.51. The highest BCUT2D eigenvalue weighted by atomic mass is 16.5. The van der Waals surface area contributed by atoms with Gasteiger partial charge in [0.15, 0.2) is 0 Å². The Morgan fingerprint density at radius 2 is 2.29 bits per heavy atom. The summed E-state index contributed by atoms with van der Waals surface area (Å²) in [4.78, 5) is 9.84. The number of hydrogen-bond donors (Lipinski definition) is 1. The summed E-state index contributed by atoms with van der Waals surface area (Å²) in [5, 5.41) is 0. The van der Waals surface area contributed by atoms with E-state index in [0.717, 1.165) is 6.08 Å². The fourth-order valence-electron chi connectivity index (χ4n) is 0.0833. The van der Waals surface area contributed by atoms with E-state index in [-0.39, 0.29) is 5.48 Å². The molecule has 41 valence electrons. The molecular weight excluding hydrogens is 96.0 g/mol. The molecule has 0 unspecified atom stereocenters. The molecule has 0 amide bonds. The zero-order valence-corrected chi connectivity index (χ0v) is 4.05. The van der Waals surface area contributed by atoms with E-state index in [1.165, 1.54) is 7.11 Å². The lowest BCUT2D eigenvalue weighted by Crippen LogP contribution is -1.91. The minimum Gasteiger partial charge on any atom is -0.466 e. The number of esters is 1. The first-order chi connectivity index (χ1) is 2.81. The molecule has 0 spiro atoms. The van der Waals surface area contributed by atoms with E-state index in [1.54, 1.807) is 0 Å². The summed E-state index contributed by atoms with van der Waals surface area (Å²) in [6.45, 7) is 3.16. The molecule has 0 aliphatic carbocycles. The van der Waals surface area contributed by atoms with Crippen molar-refractivity contribution in [1.82, 2.24) is 0 Å². The van der Waals surface area contributed by atoms with Crippen LogP contribution >= 0.6 is 0 Å². The Bertz CT molecular complexity index is 67.3. The Balaban J connectivity index is 0. The van der Waals surface area contributed by atoms with Crippen LogP contribution in [0, 0.1) is 0 Å². The van der Waals surface area contributed by atoms with Gasteiger partial charge in [0.25, 0.3) is 0 Å². The van der Waals surface area contributed by atoms with Gasteiger partial charge in [-0.25, -0.2) is 4.79 Å². The summed E-state index contributed by atoms with van der Waals surface area (Å²) in [6.07, 6.45) is 1.11. The van der Waals surface area contributed by atoms with Gasteiger partial charge < -0.3 is 4.74 Å². The maximum atomic E-state index is 9.84. The summed E-state index contributed by atoms with van der Waals surface area (Å²) in [6, 6.07) is 0. The normalized spacial score (nSPS) is 5.86. The van der Waals surface area contributed by atoms with E-state index in [4.69, 9.17) is 0 Å². The van der Waals surface area contributed by atoms with Crippen molar-refractivity contribution in [3.63, 3.8) is 0 Å². The van der Waals surface area contributed by atoms with Gasteiger partial charge in [0.05, 0.1) is 7.11 Å². The first-order valence-electron chi connectivity index (χ1n) is 1.51. The largest absolute Gasteiger partial charge is 0.466 e. The number of hydrogen-bond acceptors (Lipinski definition) is 2. The van der Waals surface area contributed by atoms with E-state index in [9.17, 15) is 4.79 Å². The van der Waals surface area contributed by atoms with E-state index >= 15 is 0 Å². The van der Waals surface area contributed by atoms with Gasteiger partial charge >= 0.3 is 5.97 Å². The summed E-state index contributed by atoms with van der Waals surface area (Å²) in [5.74, 6) is -0.394. The molecule has 0 fully saturated rings. The molecule has 0 aromatic heterocycles. The van der Waals surface area contributed by atoms with Crippen molar-refractivity contribution in [3.8, 4) is 0 Å². The third kappa shape index (κ3) is 5.17. The fraction of sp³-hybridized carbons (Fsp3) is 0.250. The highest BCUT2D eigenvalue weighted by molar-refractivity contribution is 5.80. The van der Waals surface area contributed by atoms with Gasteiger partial charge in [-0.1, -0.05) is 6.58 Å². The monoisotopic (exact) mass is 103 g/mol. The lowest BCUT2D eigenvalue weighted by Gasteiger charge is -1.83. The minimum atomic E-state index is -0.394. The molecular formula is C4H7O3. The Morgan fingerprint density at radius 3 is 2.29 bits per heavy atom. The quantitative estimate of drug-likeness (QED) is 0.380. The van der Waals surface area contributed by atoms with Gasteiger partial charge in [-0.15, -0.1) is 0 Å². The van der Waals surface area contributed by atoms with Crippen LogP contribution in [-0.2, 0) is 9.53 Å². The molecule has 1 radical (unpaired) electrons. The topological polar surface area (TPSA) is 56.3 Å². The molecule has 1 N–H and O–H groups in total. The molecule has 0 heterocycles.